The molecule has 0 saturated carbocycles. The molecule has 1 atom stereocenters. The molecule has 0 saturated heterocycles. The molecule has 28 heavy (non-hydrogen) atoms. The van der Waals surface area contributed by atoms with Crippen molar-refractivity contribution in [1.82, 2.24) is 4.98 Å². The highest BCUT2D eigenvalue weighted by molar-refractivity contribution is 6.05. The molecule has 0 spiro atoms. The van der Waals surface area contributed by atoms with Gasteiger partial charge in [0.05, 0.1) is 29.4 Å². The molecule has 1 heterocycles. The quantitative estimate of drug-likeness (QED) is 0.685. The normalized spacial score (nSPS) is 11.5. The first-order chi connectivity index (χ1) is 13.5. The summed E-state index contributed by atoms with van der Waals surface area (Å²) in [5.74, 6) is -1.95. The van der Waals surface area contributed by atoms with E-state index in [2.05, 4.69) is 15.0 Å². The lowest BCUT2D eigenvalue weighted by Gasteiger charge is -2.15. The number of nitrogens with zero attached hydrogens (tertiary/aromatic N) is 1. The summed E-state index contributed by atoms with van der Waals surface area (Å²) < 4.78 is 9.91. The van der Waals surface area contributed by atoms with Crippen LogP contribution < -0.4 is 5.32 Å². The summed E-state index contributed by atoms with van der Waals surface area (Å²) >= 11 is 0. The van der Waals surface area contributed by atoms with Crippen LogP contribution in [0.1, 0.15) is 27.6 Å². The standard InChI is InChI=1S/C21H18N2O5/c1-13(28-21(26)15-8-4-3-7-14(15)20(25)27-2)19(24)23-18-11-5-10-17-16(18)9-6-12-22-17/h3-13H,1-2H3,(H,23,24). The van der Waals surface area contributed by atoms with Crippen molar-refractivity contribution in [2.24, 2.45) is 0 Å². The molecule has 142 valence electrons. The third-order valence-corrected chi connectivity index (χ3v) is 4.11. The first-order valence-corrected chi connectivity index (χ1v) is 8.54. The number of fused-ring (bicyclic) bond motifs is 1. The molecule has 1 N–H and O–H groups in total. The first kappa shape index (κ1) is 19.0. The van der Waals surface area contributed by atoms with Crippen LogP contribution in [-0.4, -0.2) is 36.0 Å². The van der Waals surface area contributed by atoms with Crippen molar-refractivity contribution in [2.45, 2.75) is 13.0 Å². The number of ether oxygens (including phenoxy) is 2. The van der Waals surface area contributed by atoms with Crippen molar-refractivity contribution in [1.29, 1.82) is 0 Å². The number of esters is 2. The van der Waals surface area contributed by atoms with E-state index < -0.39 is 23.9 Å². The van der Waals surface area contributed by atoms with Crippen LogP contribution in [0.15, 0.2) is 60.8 Å². The number of benzene rings is 2. The Kier molecular flexibility index (Phi) is 5.64. The van der Waals surface area contributed by atoms with Gasteiger partial charge in [-0.15, -0.1) is 0 Å². The summed E-state index contributed by atoms with van der Waals surface area (Å²) in [6.45, 7) is 1.46. The fraction of sp³-hybridized carbons (Fsp3) is 0.143. The molecule has 1 unspecified atom stereocenters. The smallest absolute Gasteiger partial charge is 0.339 e. The van der Waals surface area contributed by atoms with Crippen molar-refractivity contribution in [3.05, 3.63) is 71.9 Å². The van der Waals surface area contributed by atoms with Crippen molar-refractivity contribution in [3.63, 3.8) is 0 Å². The summed E-state index contributed by atoms with van der Waals surface area (Å²) in [6.07, 6.45) is 0.585. The number of rotatable bonds is 5. The Hall–Kier alpha value is -3.74. The number of hydrogen-bond donors (Lipinski definition) is 1. The number of amides is 1. The second-order valence-electron chi connectivity index (χ2n) is 5.95. The number of hydrogen-bond acceptors (Lipinski definition) is 6. The van der Waals surface area contributed by atoms with Gasteiger partial charge in [-0.25, -0.2) is 9.59 Å². The molecule has 0 aliphatic heterocycles. The zero-order chi connectivity index (χ0) is 20.1. The predicted octanol–water partition coefficient (Wildman–Crippen LogP) is 3.21. The van der Waals surface area contributed by atoms with E-state index in [9.17, 15) is 14.4 Å². The number of nitrogens with one attached hydrogen (secondary N) is 1. The lowest BCUT2D eigenvalue weighted by Crippen LogP contribution is -2.30. The van der Waals surface area contributed by atoms with Gasteiger partial charge in [-0.05, 0) is 43.3 Å². The fourth-order valence-corrected chi connectivity index (χ4v) is 2.67. The molecule has 0 aliphatic rings. The molecule has 2 aromatic carbocycles. The molecular weight excluding hydrogens is 360 g/mol. The molecule has 1 aromatic heterocycles. The molecule has 0 fully saturated rings. The molecule has 0 radical (unpaired) electrons. The van der Waals surface area contributed by atoms with Crippen LogP contribution in [-0.2, 0) is 14.3 Å². The van der Waals surface area contributed by atoms with Crippen molar-refractivity contribution < 1.29 is 23.9 Å². The number of carbonyl (C=O) groups is 3. The van der Waals surface area contributed by atoms with E-state index in [4.69, 9.17) is 4.74 Å². The van der Waals surface area contributed by atoms with E-state index in [1.807, 2.05) is 12.1 Å². The largest absolute Gasteiger partial charge is 0.465 e. The Morgan fingerprint density at radius 1 is 0.929 bits per heavy atom. The minimum atomic E-state index is -1.08. The Balaban J connectivity index is 1.74. The van der Waals surface area contributed by atoms with Crippen molar-refractivity contribution in [2.75, 3.05) is 12.4 Å². The van der Waals surface area contributed by atoms with Gasteiger partial charge in [0.1, 0.15) is 0 Å². The van der Waals surface area contributed by atoms with E-state index in [0.29, 0.717) is 5.69 Å². The molecule has 3 rings (SSSR count). The highest BCUT2D eigenvalue weighted by Crippen LogP contribution is 2.22. The van der Waals surface area contributed by atoms with E-state index >= 15 is 0 Å². The lowest BCUT2D eigenvalue weighted by atomic mass is 10.1. The van der Waals surface area contributed by atoms with Crippen molar-refractivity contribution >= 4 is 34.4 Å². The van der Waals surface area contributed by atoms with Gasteiger partial charge < -0.3 is 14.8 Å². The lowest BCUT2D eigenvalue weighted by molar-refractivity contribution is -0.123. The van der Waals surface area contributed by atoms with Gasteiger partial charge in [-0.1, -0.05) is 18.2 Å². The van der Waals surface area contributed by atoms with Crippen molar-refractivity contribution in [3.8, 4) is 0 Å². The number of anilines is 1. The van der Waals surface area contributed by atoms with Gasteiger partial charge in [-0.2, -0.15) is 0 Å². The number of pyridine rings is 1. The maximum atomic E-state index is 12.5. The van der Waals surface area contributed by atoms with E-state index in [0.717, 1.165) is 10.9 Å². The zero-order valence-electron chi connectivity index (χ0n) is 15.3. The summed E-state index contributed by atoms with van der Waals surface area (Å²) in [6, 6.07) is 15.0. The molecule has 0 aliphatic carbocycles. The number of carbonyl (C=O) groups excluding carboxylic acids is 3. The minimum Gasteiger partial charge on any atom is -0.465 e. The van der Waals surface area contributed by atoms with Crippen LogP contribution in [0.25, 0.3) is 10.9 Å². The fourth-order valence-electron chi connectivity index (χ4n) is 2.67. The molecule has 7 nitrogen and oxygen atoms in total. The third-order valence-electron chi connectivity index (χ3n) is 4.11. The summed E-state index contributed by atoms with van der Waals surface area (Å²) in [5, 5.41) is 3.51. The number of methoxy groups -OCH3 is 1. The average Bonchev–Trinajstić information content (AvgIpc) is 2.73. The molecule has 1 amide bonds. The van der Waals surface area contributed by atoms with Gasteiger partial charge in [0.25, 0.3) is 5.91 Å². The van der Waals surface area contributed by atoms with Crippen LogP contribution in [0.4, 0.5) is 5.69 Å². The topological polar surface area (TPSA) is 94.6 Å². The predicted molar refractivity (Wildman–Crippen MR) is 103 cm³/mol. The Labute approximate surface area is 161 Å². The van der Waals surface area contributed by atoms with Crippen LogP contribution in [0.2, 0.25) is 0 Å². The second kappa shape index (κ2) is 8.30. The van der Waals surface area contributed by atoms with Gasteiger partial charge in [-0.3, -0.25) is 9.78 Å². The van der Waals surface area contributed by atoms with Gasteiger partial charge in [0.2, 0.25) is 0 Å². The number of aromatic nitrogens is 1. The maximum Gasteiger partial charge on any atom is 0.339 e. The minimum absolute atomic E-state index is 0.0309. The van der Waals surface area contributed by atoms with E-state index in [1.165, 1.54) is 26.2 Å². The zero-order valence-corrected chi connectivity index (χ0v) is 15.3. The monoisotopic (exact) mass is 378 g/mol. The molecule has 7 heteroatoms. The second-order valence-corrected chi connectivity index (χ2v) is 5.95. The van der Waals surface area contributed by atoms with Gasteiger partial charge >= 0.3 is 11.9 Å². The van der Waals surface area contributed by atoms with Gasteiger partial charge in [0, 0.05) is 11.6 Å². The average molecular weight is 378 g/mol. The molecule has 3 aromatic rings. The summed E-state index contributed by atoms with van der Waals surface area (Å²) in [4.78, 5) is 41.0. The van der Waals surface area contributed by atoms with Gasteiger partial charge in [0.15, 0.2) is 6.10 Å². The SMILES string of the molecule is COC(=O)c1ccccc1C(=O)OC(C)C(=O)Nc1cccc2ncccc12. The Morgan fingerprint density at radius 2 is 1.64 bits per heavy atom. The molecular formula is C21H18N2O5. The molecule has 0 bridgehead atoms. The van der Waals surface area contributed by atoms with Crippen LogP contribution >= 0.6 is 0 Å². The Bertz CT molecular complexity index is 1040. The highest BCUT2D eigenvalue weighted by Gasteiger charge is 2.23. The van der Waals surface area contributed by atoms with Crippen LogP contribution in [0, 0.1) is 0 Å². The van der Waals surface area contributed by atoms with Crippen LogP contribution in [0.3, 0.4) is 0 Å². The summed E-state index contributed by atoms with van der Waals surface area (Å²) in [7, 11) is 1.22. The Morgan fingerprint density at radius 3 is 2.36 bits per heavy atom. The maximum absolute atomic E-state index is 12.5. The third kappa shape index (κ3) is 3.98. The van der Waals surface area contributed by atoms with E-state index in [1.54, 1.807) is 36.5 Å². The van der Waals surface area contributed by atoms with E-state index in [-0.39, 0.29) is 11.1 Å². The highest BCUT2D eigenvalue weighted by atomic mass is 16.5. The van der Waals surface area contributed by atoms with Crippen LogP contribution in [0.5, 0.6) is 0 Å². The first-order valence-electron chi connectivity index (χ1n) is 8.54. The summed E-state index contributed by atoms with van der Waals surface area (Å²) in [5.41, 5.74) is 1.40.